The van der Waals surface area contributed by atoms with E-state index in [-0.39, 0.29) is 6.04 Å². The fourth-order valence-corrected chi connectivity index (χ4v) is 1.64. The summed E-state index contributed by atoms with van der Waals surface area (Å²) in [7, 11) is 0. The van der Waals surface area contributed by atoms with Crippen LogP contribution in [0.25, 0.3) is 0 Å². The molecule has 0 spiro atoms. The molecule has 0 aliphatic heterocycles. The molecule has 0 aromatic heterocycles. The molecule has 0 rings (SSSR count). The SMILES string of the molecule is CC[C@H](NC(=O)NC(C)CSC)C(=O)O. The van der Waals surface area contributed by atoms with Crippen molar-refractivity contribution in [2.75, 3.05) is 12.0 Å². The van der Waals surface area contributed by atoms with Gasteiger partial charge in [0.25, 0.3) is 0 Å². The van der Waals surface area contributed by atoms with Crippen LogP contribution in [0.4, 0.5) is 4.79 Å². The van der Waals surface area contributed by atoms with Gasteiger partial charge in [-0.1, -0.05) is 6.92 Å². The highest BCUT2D eigenvalue weighted by Gasteiger charge is 2.17. The summed E-state index contributed by atoms with van der Waals surface area (Å²) in [6.07, 6.45) is 2.32. The molecule has 2 atom stereocenters. The third-order valence-corrected chi connectivity index (χ3v) is 2.64. The zero-order valence-corrected chi connectivity index (χ0v) is 10.1. The second-order valence-corrected chi connectivity index (χ2v) is 4.18. The van der Waals surface area contributed by atoms with Gasteiger partial charge in [-0.2, -0.15) is 11.8 Å². The largest absolute Gasteiger partial charge is 0.480 e. The number of rotatable bonds is 6. The topological polar surface area (TPSA) is 78.4 Å². The van der Waals surface area contributed by atoms with E-state index in [1.165, 1.54) is 0 Å². The van der Waals surface area contributed by atoms with Crippen LogP contribution >= 0.6 is 11.8 Å². The Labute approximate surface area is 94.0 Å². The van der Waals surface area contributed by atoms with Crippen LogP contribution in [0.3, 0.4) is 0 Å². The first-order valence-electron chi connectivity index (χ1n) is 4.80. The number of carbonyl (C=O) groups excluding carboxylic acids is 1. The highest BCUT2D eigenvalue weighted by molar-refractivity contribution is 7.98. The lowest BCUT2D eigenvalue weighted by molar-refractivity contribution is -0.139. The van der Waals surface area contributed by atoms with Gasteiger partial charge in [-0.25, -0.2) is 9.59 Å². The van der Waals surface area contributed by atoms with Crippen molar-refractivity contribution in [2.45, 2.75) is 32.4 Å². The molecule has 2 amide bonds. The van der Waals surface area contributed by atoms with E-state index < -0.39 is 18.0 Å². The third-order valence-electron chi connectivity index (χ3n) is 1.81. The third kappa shape index (κ3) is 6.22. The molecule has 0 aromatic carbocycles. The van der Waals surface area contributed by atoms with E-state index in [1.807, 2.05) is 13.2 Å². The van der Waals surface area contributed by atoms with E-state index in [9.17, 15) is 9.59 Å². The smallest absolute Gasteiger partial charge is 0.326 e. The average molecular weight is 234 g/mol. The second-order valence-electron chi connectivity index (χ2n) is 3.27. The van der Waals surface area contributed by atoms with Crippen molar-refractivity contribution in [1.82, 2.24) is 10.6 Å². The molecule has 1 unspecified atom stereocenters. The number of thioether (sulfide) groups is 1. The van der Waals surface area contributed by atoms with Gasteiger partial charge in [-0.15, -0.1) is 0 Å². The summed E-state index contributed by atoms with van der Waals surface area (Å²) in [5.41, 5.74) is 0. The summed E-state index contributed by atoms with van der Waals surface area (Å²) in [5, 5.41) is 13.8. The van der Waals surface area contributed by atoms with Crippen molar-refractivity contribution in [1.29, 1.82) is 0 Å². The molecule has 5 nitrogen and oxygen atoms in total. The van der Waals surface area contributed by atoms with Crippen molar-refractivity contribution in [3.05, 3.63) is 0 Å². The fraction of sp³-hybridized carbons (Fsp3) is 0.778. The molecule has 6 heteroatoms. The monoisotopic (exact) mass is 234 g/mol. The molecule has 0 aliphatic carbocycles. The van der Waals surface area contributed by atoms with Crippen molar-refractivity contribution in [3.8, 4) is 0 Å². The predicted octanol–water partition coefficient (Wildman–Crippen LogP) is 0.900. The van der Waals surface area contributed by atoms with Crippen LogP contribution in [0, 0.1) is 0 Å². The van der Waals surface area contributed by atoms with Crippen molar-refractivity contribution >= 4 is 23.8 Å². The predicted molar refractivity (Wildman–Crippen MR) is 61.2 cm³/mol. The van der Waals surface area contributed by atoms with Crippen LogP contribution in [-0.4, -0.2) is 41.2 Å². The van der Waals surface area contributed by atoms with Gasteiger partial charge in [0.1, 0.15) is 6.04 Å². The molecule has 15 heavy (non-hydrogen) atoms. The van der Waals surface area contributed by atoms with Crippen LogP contribution in [0.2, 0.25) is 0 Å². The maximum absolute atomic E-state index is 11.3. The van der Waals surface area contributed by atoms with Gasteiger partial charge in [0.2, 0.25) is 0 Å². The normalized spacial score (nSPS) is 14.1. The number of carboxylic acid groups (broad SMARTS) is 1. The molecule has 0 bridgehead atoms. The van der Waals surface area contributed by atoms with Gasteiger partial charge in [0.15, 0.2) is 0 Å². The van der Waals surface area contributed by atoms with Crippen molar-refractivity contribution in [3.63, 3.8) is 0 Å². The maximum Gasteiger partial charge on any atom is 0.326 e. The van der Waals surface area contributed by atoms with Gasteiger partial charge >= 0.3 is 12.0 Å². The van der Waals surface area contributed by atoms with Crippen LogP contribution < -0.4 is 10.6 Å². The first-order chi connectivity index (χ1) is 7.01. The molecule has 0 saturated heterocycles. The maximum atomic E-state index is 11.3. The molecule has 0 fully saturated rings. The average Bonchev–Trinajstić information content (AvgIpc) is 2.13. The molecule has 3 N–H and O–H groups in total. The molecule has 0 heterocycles. The van der Waals surface area contributed by atoms with Gasteiger partial charge < -0.3 is 15.7 Å². The number of nitrogens with one attached hydrogen (secondary N) is 2. The number of carboxylic acids is 1. The molecule has 0 aliphatic rings. The highest BCUT2D eigenvalue weighted by Crippen LogP contribution is 1.96. The van der Waals surface area contributed by atoms with Crippen LogP contribution in [0.15, 0.2) is 0 Å². The van der Waals surface area contributed by atoms with Gasteiger partial charge in [-0.05, 0) is 19.6 Å². The minimum atomic E-state index is -1.01. The zero-order chi connectivity index (χ0) is 11.8. The number of urea groups is 1. The van der Waals surface area contributed by atoms with Gasteiger partial charge in [0.05, 0.1) is 0 Å². The summed E-state index contributed by atoms with van der Waals surface area (Å²) < 4.78 is 0. The lowest BCUT2D eigenvalue weighted by atomic mass is 10.2. The quantitative estimate of drug-likeness (QED) is 0.638. The Morgan fingerprint density at radius 1 is 1.40 bits per heavy atom. The minimum absolute atomic E-state index is 0.0336. The molecule has 0 radical (unpaired) electrons. The van der Waals surface area contributed by atoms with E-state index in [0.29, 0.717) is 6.42 Å². The Hall–Kier alpha value is -0.910. The number of carbonyl (C=O) groups is 2. The number of amides is 2. The van der Waals surface area contributed by atoms with E-state index in [1.54, 1.807) is 18.7 Å². The van der Waals surface area contributed by atoms with Crippen molar-refractivity contribution < 1.29 is 14.7 Å². The van der Waals surface area contributed by atoms with E-state index in [4.69, 9.17) is 5.11 Å². The molecule has 88 valence electrons. The lowest BCUT2D eigenvalue weighted by Gasteiger charge is -2.16. The van der Waals surface area contributed by atoms with Crippen LogP contribution in [-0.2, 0) is 4.79 Å². The van der Waals surface area contributed by atoms with Crippen molar-refractivity contribution in [2.24, 2.45) is 0 Å². The van der Waals surface area contributed by atoms with Crippen LogP contribution in [0.1, 0.15) is 20.3 Å². The fourth-order valence-electron chi connectivity index (χ4n) is 1.05. The Morgan fingerprint density at radius 3 is 2.40 bits per heavy atom. The van der Waals surface area contributed by atoms with E-state index in [2.05, 4.69) is 10.6 Å². The summed E-state index contributed by atoms with van der Waals surface area (Å²) in [6.45, 7) is 3.59. The Morgan fingerprint density at radius 2 is 2.00 bits per heavy atom. The standard InChI is InChI=1S/C9H18N2O3S/c1-4-7(8(12)13)11-9(14)10-6(2)5-15-3/h6-7H,4-5H2,1-3H3,(H,12,13)(H2,10,11,14)/t6?,7-/m0/s1. The highest BCUT2D eigenvalue weighted by atomic mass is 32.2. The minimum Gasteiger partial charge on any atom is -0.480 e. The number of hydrogen-bond acceptors (Lipinski definition) is 3. The Balaban J connectivity index is 3.96. The Bertz CT molecular complexity index is 223. The van der Waals surface area contributed by atoms with E-state index in [0.717, 1.165) is 5.75 Å². The molecular weight excluding hydrogens is 216 g/mol. The van der Waals surface area contributed by atoms with Gasteiger partial charge in [0, 0.05) is 11.8 Å². The first-order valence-corrected chi connectivity index (χ1v) is 6.19. The summed E-state index contributed by atoms with van der Waals surface area (Å²) >= 11 is 1.62. The Kier molecular flexibility index (Phi) is 6.94. The molecule has 0 saturated carbocycles. The summed E-state index contributed by atoms with van der Waals surface area (Å²) in [5.74, 6) is -0.206. The lowest BCUT2D eigenvalue weighted by Crippen LogP contribution is -2.48. The zero-order valence-electron chi connectivity index (χ0n) is 9.24. The number of aliphatic carboxylic acids is 1. The first kappa shape index (κ1) is 14.1. The summed E-state index contributed by atoms with van der Waals surface area (Å²) in [4.78, 5) is 21.9. The van der Waals surface area contributed by atoms with E-state index >= 15 is 0 Å². The summed E-state index contributed by atoms with van der Waals surface area (Å²) in [6, 6.07) is -1.21. The second kappa shape index (κ2) is 7.39. The van der Waals surface area contributed by atoms with Crippen LogP contribution in [0.5, 0.6) is 0 Å². The molecular formula is C9H18N2O3S. The molecule has 0 aromatic rings. The number of hydrogen-bond donors (Lipinski definition) is 3. The van der Waals surface area contributed by atoms with Gasteiger partial charge in [-0.3, -0.25) is 0 Å².